The molecule has 0 amide bonds. The second kappa shape index (κ2) is 7.83. The minimum absolute atomic E-state index is 0. The van der Waals surface area contributed by atoms with Gasteiger partial charge in [-0.05, 0) is 68.4 Å². The number of benzene rings is 1. The van der Waals surface area contributed by atoms with Gasteiger partial charge < -0.3 is 4.74 Å². The van der Waals surface area contributed by atoms with Gasteiger partial charge in [-0.15, -0.1) is 0 Å². The summed E-state index contributed by atoms with van der Waals surface area (Å²) >= 11 is 0. The smallest absolute Gasteiger partial charge is 0.313 e. The zero-order chi connectivity index (χ0) is 18.9. The zero-order valence-corrected chi connectivity index (χ0v) is 14.9. The first-order valence-electron chi connectivity index (χ1n) is 9.47. The first-order chi connectivity index (χ1) is 12.3. The average Bonchev–Trinajstić information content (AvgIpc) is 2.60. The molecular formula is C20H29F5O. The summed E-state index contributed by atoms with van der Waals surface area (Å²) in [5, 5.41) is 0. The molecule has 0 atom stereocenters. The summed E-state index contributed by atoms with van der Waals surface area (Å²) in [6, 6.07) is 0.598. The highest BCUT2D eigenvalue weighted by Gasteiger charge is 2.39. The topological polar surface area (TPSA) is 9.23 Å². The number of hydrogen-bond acceptors (Lipinski definition) is 1. The van der Waals surface area contributed by atoms with E-state index in [4.69, 9.17) is 4.74 Å². The van der Waals surface area contributed by atoms with Gasteiger partial charge in [0.1, 0.15) is 0 Å². The number of hydrogen-bond donors (Lipinski definition) is 0. The largest absolute Gasteiger partial charge is 0.383 e. The van der Waals surface area contributed by atoms with Crippen molar-refractivity contribution in [3.05, 3.63) is 35.1 Å². The minimum Gasteiger partial charge on any atom is -0.313 e. The van der Waals surface area contributed by atoms with Crippen molar-refractivity contribution in [1.29, 1.82) is 0 Å². The quantitative estimate of drug-likeness (QED) is 0.402. The molecule has 0 heterocycles. The summed E-state index contributed by atoms with van der Waals surface area (Å²) in [6.07, 6.45) is 3.10. The highest BCUT2D eigenvalue weighted by Crippen LogP contribution is 2.42. The molecule has 0 spiro atoms. The van der Waals surface area contributed by atoms with E-state index >= 15 is 0 Å². The van der Waals surface area contributed by atoms with Crippen molar-refractivity contribution >= 4 is 0 Å². The van der Waals surface area contributed by atoms with Crippen LogP contribution in [0.15, 0.2) is 12.1 Å². The molecule has 2 saturated carbocycles. The van der Waals surface area contributed by atoms with Crippen LogP contribution in [-0.2, 0) is 10.8 Å². The third kappa shape index (κ3) is 4.38. The van der Waals surface area contributed by atoms with Crippen LogP contribution in [-0.4, -0.2) is 6.10 Å². The van der Waals surface area contributed by atoms with Crippen LogP contribution in [0.1, 0.15) is 66.7 Å². The Morgan fingerprint density at radius 2 is 1.31 bits per heavy atom. The normalized spacial score (nSPS) is 30.4. The van der Waals surface area contributed by atoms with Gasteiger partial charge in [0.2, 0.25) is 0 Å². The Morgan fingerprint density at radius 1 is 0.846 bits per heavy atom. The number of halogens is 5. The van der Waals surface area contributed by atoms with Gasteiger partial charge in [-0.2, -0.15) is 8.78 Å². The second-order valence-electron chi connectivity index (χ2n) is 7.95. The summed E-state index contributed by atoms with van der Waals surface area (Å²) in [6.45, 7) is 2.27. The molecule has 0 aromatic heterocycles. The van der Waals surface area contributed by atoms with E-state index in [0.29, 0.717) is 36.8 Å². The van der Waals surface area contributed by atoms with Crippen molar-refractivity contribution < 1.29 is 29.5 Å². The van der Waals surface area contributed by atoms with Gasteiger partial charge >= 0.3 is 6.11 Å². The minimum atomic E-state index is -3.84. The van der Waals surface area contributed by atoms with E-state index < -0.39 is 35.2 Å². The Labute approximate surface area is 153 Å². The Kier molecular flexibility index (Phi) is 5.90. The third-order valence-corrected chi connectivity index (χ3v) is 6.08. The van der Waals surface area contributed by atoms with E-state index in [2.05, 4.69) is 6.92 Å². The fourth-order valence-corrected chi connectivity index (χ4v) is 4.44. The number of alkyl halides is 2. The molecule has 6 heteroatoms. The van der Waals surface area contributed by atoms with Crippen LogP contribution in [0.3, 0.4) is 0 Å². The van der Waals surface area contributed by atoms with Crippen molar-refractivity contribution in [2.75, 3.05) is 0 Å². The summed E-state index contributed by atoms with van der Waals surface area (Å²) in [5.41, 5.74) is -0.989. The van der Waals surface area contributed by atoms with Crippen LogP contribution in [0.4, 0.5) is 22.0 Å². The second-order valence-corrected chi connectivity index (χ2v) is 7.95. The van der Waals surface area contributed by atoms with E-state index in [1.54, 1.807) is 0 Å². The highest BCUT2D eigenvalue weighted by molar-refractivity contribution is 5.22. The first kappa shape index (κ1) is 19.6. The van der Waals surface area contributed by atoms with E-state index in [-0.39, 0.29) is 2.85 Å². The van der Waals surface area contributed by atoms with Gasteiger partial charge in [0.05, 0.1) is 11.7 Å². The fourth-order valence-electron chi connectivity index (χ4n) is 4.44. The lowest BCUT2D eigenvalue weighted by Crippen LogP contribution is -2.32. The Balaban J connectivity index is 0.00000196. The Hall–Kier alpha value is -1.17. The molecule has 2 aliphatic carbocycles. The Bertz CT molecular complexity index is 604. The predicted octanol–water partition coefficient (Wildman–Crippen LogP) is 7.05. The van der Waals surface area contributed by atoms with E-state index in [9.17, 15) is 22.0 Å². The molecule has 0 radical (unpaired) electrons. The van der Waals surface area contributed by atoms with Crippen molar-refractivity contribution in [3.8, 4) is 0 Å². The van der Waals surface area contributed by atoms with E-state index in [0.717, 1.165) is 18.8 Å². The molecule has 26 heavy (non-hydrogen) atoms. The van der Waals surface area contributed by atoms with Crippen LogP contribution in [0.25, 0.3) is 0 Å². The van der Waals surface area contributed by atoms with Crippen LogP contribution >= 0.6 is 0 Å². The summed E-state index contributed by atoms with van der Waals surface area (Å²) in [5.74, 6) is -3.03. The predicted molar refractivity (Wildman–Crippen MR) is 92.4 cm³/mol. The van der Waals surface area contributed by atoms with Gasteiger partial charge in [0, 0.05) is 2.85 Å². The Morgan fingerprint density at radius 3 is 1.81 bits per heavy atom. The maximum absolute atomic E-state index is 14.2. The van der Waals surface area contributed by atoms with Crippen LogP contribution in [0.5, 0.6) is 0 Å². The molecule has 2 aliphatic rings. The highest BCUT2D eigenvalue weighted by atomic mass is 19.3. The fraction of sp³-hybridized carbons (Fsp3) is 0.700. The average molecular weight is 380 g/mol. The molecule has 1 aromatic carbocycles. The van der Waals surface area contributed by atoms with Crippen LogP contribution in [0, 0.1) is 35.2 Å². The molecule has 1 nitrogen and oxygen atoms in total. The lowest BCUT2D eigenvalue weighted by molar-refractivity contribution is -0.278. The van der Waals surface area contributed by atoms with Gasteiger partial charge in [0.25, 0.3) is 0 Å². The molecule has 3 rings (SSSR count). The van der Waals surface area contributed by atoms with Crippen LogP contribution < -0.4 is 0 Å². The van der Waals surface area contributed by atoms with Gasteiger partial charge in [0.15, 0.2) is 17.5 Å². The maximum atomic E-state index is 14.2. The summed E-state index contributed by atoms with van der Waals surface area (Å²) in [7, 11) is 0. The first-order valence-corrected chi connectivity index (χ1v) is 9.47. The lowest BCUT2D eigenvalue weighted by Gasteiger charge is -2.37. The van der Waals surface area contributed by atoms with Gasteiger partial charge in [-0.1, -0.05) is 19.8 Å². The van der Waals surface area contributed by atoms with Crippen molar-refractivity contribution in [2.24, 2.45) is 17.8 Å². The number of rotatable bonds is 4. The molecule has 0 bridgehead atoms. The summed E-state index contributed by atoms with van der Waals surface area (Å²) in [4.78, 5) is 0. The molecule has 0 aliphatic heterocycles. The molecular weight excluding hydrogens is 351 g/mol. The van der Waals surface area contributed by atoms with Crippen molar-refractivity contribution in [3.63, 3.8) is 0 Å². The monoisotopic (exact) mass is 380 g/mol. The van der Waals surface area contributed by atoms with Crippen molar-refractivity contribution in [1.82, 2.24) is 0 Å². The van der Waals surface area contributed by atoms with Crippen molar-refractivity contribution in [2.45, 2.75) is 70.5 Å². The zero-order valence-electron chi connectivity index (χ0n) is 14.9. The standard InChI is InChI=1S/C20H25F5O.2H2/c1-12-2-4-13(5-3-12)14-6-8-16(9-7-14)26-20(24,25)15-10-17(21)19(23)18(22)11-15;;/h10-14,16H,2-9H2,1H3;2*1H. The van der Waals surface area contributed by atoms with E-state index in [1.807, 2.05) is 0 Å². The lowest BCUT2D eigenvalue weighted by atomic mass is 9.71. The SMILES string of the molecule is CC1CCC(C2CCC(OC(F)(F)c3cc(F)c(F)c(F)c3)CC2)CC1.[HH].[HH]. The van der Waals surface area contributed by atoms with Gasteiger partial charge in [-0.3, -0.25) is 0 Å². The van der Waals surface area contributed by atoms with Gasteiger partial charge in [-0.25, -0.2) is 13.2 Å². The molecule has 1 aromatic rings. The molecule has 150 valence electrons. The third-order valence-electron chi connectivity index (χ3n) is 6.08. The maximum Gasteiger partial charge on any atom is 0.383 e. The molecule has 0 unspecified atom stereocenters. The molecule has 0 saturated heterocycles. The molecule has 0 N–H and O–H groups in total. The molecule has 2 fully saturated rings. The van der Waals surface area contributed by atoms with Crippen LogP contribution in [0.2, 0.25) is 0 Å². The van der Waals surface area contributed by atoms with E-state index in [1.165, 1.54) is 25.7 Å². The number of ether oxygens (including phenoxy) is 1. The summed E-state index contributed by atoms with van der Waals surface area (Å²) < 4.78 is 72.8.